The van der Waals surface area contributed by atoms with Crippen LogP contribution in [0.15, 0.2) is 6.33 Å². The van der Waals surface area contributed by atoms with Crippen molar-refractivity contribution >= 4 is 11.9 Å². The number of hydrogen-bond donors (Lipinski definition) is 0. The molecule has 3 fully saturated rings. The lowest BCUT2D eigenvalue weighted by atomic mass is 10.2. The molecular formula is C13H19N5O2. The summed E-state index contributed by atoms with van der Waals surface area (Å²) in [5.74, 6) is 1.57. The maximum Gasteiger partial charge on any atom is 0.230 e. The minimum atomic E-state index is 0.425. The lowest BCUT2D eigenvalue weighted by molar-refractivity contribution is 0.0897. The fourth-order valence-electron chi connectivity index (χ4n) is 3.27. The quantitative estimate of drug-likeness (QED) is 0.758. The maximum atomic E-state index is 5.62. The number of aromatic nitrogens is 3. The molecule has 2 atom stereocenters. The van der Waals surface area contributed by atoms with Crippen LogP contribution in [0.1, 0.15) is 12.8 Å². The highest BCUT2D eigenvalue weighted by molar-refractivity contribution is 5.42. The minimum absolute atomic E-state index is 0.425. The molecule has 4 rings (SSSR count). The summed E-state index contributed by atoms with van der Waals surface area (Å²) < 4.78 is 11.0. The van der Waals surface area contributed by atoms with Gasteiger partial charge in [0.1, 0.15) is 6.33 Å². The average Bonchev–Trinajstić information content (AvgIpc) is 2.78. The topological polar surface area (TPSA) is 63.6 Å². The van der Waals surface area contributed by atoms with E-state index in [0.29, 0.717) is 12.1 Å². The number of anilines is 2. The van der Waals surface area contributed by atoms with Crippen molar-refractivity contribution in [2.75, 3.05) is 49.3 Å². The van der Waals surface area contributed by atoms with Crippen LogP contribution in [0.5, 0.6) is 0 Å². The zero-order chi connectivity index (χ0) is 13.4. The van der Waals surface area contributed by atoms with E-state index in [4.69, 9.17) is 9.47 Å². The molecule has 1 aromatic heterocycles. The fourth-order valence-corrected chi connectivity index (χ4v) is 3.27. The first-order valence-electron chi connectivity index (χ1n) is 7.29. The van der Waals surface area contributed by atoms with Gasteiger partial charge in [-0.3, -0.25) is 0 Å². The van der Waals surface area contributed by atoms with Gasteiger partial charge in [-0.15, -0.1) is 0 Å². The number of ether oxygens (including phenoxy) is 2. The zero-order valence-corrected chi connectivity index (χ0v) is 11.4. The molecule has 3 aliphatic rings. The number of fused-ring (bicyclic) bond motifs is 2. The molecule has 0 spiro atoms. The van der Waals surface area contributed by atoms with E-state index >= 15 is 0 Å². The first kappa shape index (κ1) is 12.3. The number of hydrogen-bond acceptors (Lipinski definition) is 7. The molecule has 0 radical (unpaired) electrons. The second-order valence-corrected chi connectivity index (χ2v) is 5.51. The van der Waals surface area contributed by atoms with Gasteiger partial charge >= 0.3 is 0 Å². The van der Waals surface area contributed by atoms with E-state index in [1.54, 1.807) is 6.33 Å². The van der Waals surface area contributed by atoms with Gasteiger partial charge in [-0.1, -0.05) is 0 Å². The smallest absolute Gasteiger partial charge is 0.230 e. The molecule has 0 amide bonds. The van der Waals surface area contributed by atoms with Gasteiger partial charge in [-0.05, 0) is 12.8 Å². The molecular weight excluding hydrogens is 258 g/mol. The Morgan fingerprint density at radius 3 is 2.40 bits per heavy atom. The minimum Gasteiger partial charge on any atom is -0.378 e. The van der Waals surface area contributed by atoms with Crippen molar-refractivity contribution in [3.8, 4) is 0 Å². The second-order valence-electron chi connectivity index (χ2n) is 5.51. The Morgan fingerprint density at radius 1 is 0.950 bits per heavy atom. The third-order valence-corrected chi connectivity index (χ3v) is 4.31. The predicted octanol–water partition coefficient (Wildman–Crippen LogP) is 0.0758. The monoisotopic (exact) mass is 277 g/mol. The summed E-state index contributed by atoms with van der Waals surface area (Å²) in [6.07, 6.45) is 3.97. The SMILES string of the molecule is c1nc(N2CCOCC2)nc(N2C3CCC2COC3)n1. The van der Waals surface area contributed by atoms with Gasteiger partial charge in [-0.25, -0.2) is 9.97 Å². The normalized spacial score (nSPS) is 29.8. The molecule has 0 aliphatic carbocycles. The second kappa shape index (κ2) is 5.14. The summed E-state index contributed by atoms with van der Waals surface area (Å²) in [6.45, 7) is 4.75. The molecule has 20 heavy (non-hydrogen) atoms. The highest BCUT2D eigenvalue weighted by Gasteiger charge is 2.39. The molecule has 2 unspecified atom stereocenters. The van der Waals surface area contributed by atoms with Gasteiger partial charge < -0.3 is 19.3 Å². The molecule has 3 saturated heterocycles. The molecule has 3 aliphatic heterocycles. The molecule has 2 bridgehead atoms. The van der Waals surface area contributed by atoms with Crippen molar-refractivity contribution in [2.45, 2.75) is 24.9 Å². The van der Waals surface area contributed by atoms with E-state index in [9.17, 15) is 0 Å². The highest BCUT2D eigenvalue weighted by atomic mass is 16.5. The largest absolute Gasteiger partial charge is 0.378 e. The number of morpholine rings is 2. The lowest BCUT2D eigenvalue weighted by Gasteiger charge is -2.35. The van der Waals surface area contributed by atoms with Gasteiger partial charge in [0, 0.05) is 13.1 Å². The Bertz CT molecular complexity index is 464. The van der Waals surface area contributed by atoms with Crippen molar-refractivity contribution in [3.63, 3.8) is 0 Å². The average molecular weight is 277 g/mol. The van der Waals surface area contributed by atoms with E-state index < -0.39 is 0 Å². The third-order valence-electron chi connectivity index (χ3n) is 4.31. The number of rotatable bonds is 2. The first-order valence-corrected chi connectivity index (χ1v) is 7.29. The van der Waals surface area contributed by atoms with Crippen LogP contribution in [-0.2, 0) is 9.47 Å². The van der Waals surface area contributed by atoms with E-state index in [-0.39, 0.29) is 0 Å². The summed E-state index contributed by atoms with van der Waals surface area (Å²) in [5.41, 5.74) is 0. The molecule has 7 heteroatoms. The van der Waals surface area contributed by atoms with E-state index in [1.807, 2.05) is 0 Å². The zero-order valence-electron chi connectivity index (χ0n) is 11.4. The van der Waals surface area contributed by atoms with Crippen molar-refractivity contribution in [1.82, 2.24) is 15.0 Å². The van der Waals surface area contributed by atoms with Crippen LogP contribution in [0.25, 0.3) is 0 Å². The van der Waals surface area contributed by atoms with Crippen LogP contribution in [0, 0.1) is 0 Å². The van der Waals surface area contributed by atoms with Crippen LogP contribution >= 0.6 is 0 Å². The Kier molecular flexibility index (Phi) is 3.16. The van der Waals surface area contributed by atoms with Crippen molar-refractivity contribution in [1.29, 1.82) is 0 Å². The molecule has 1 aromatic rings. The van der Waals surface area contributed by atoms with Gasteiger partial charge in [0.25, 0.3) is 0 Å². The number of nitrogens with zero attached hydrogens (tertiary/aromatic N) is 5. The summed E-state index contributed by atoms with van der Waals surface area (Å²) in [6, 6.07) is 0.849. The Balaban J connectivity index is 1.59. The van der Waals surface area contributed by atoms with Crippen molar-refractivity contribution < 1.29 is 9.47 Å². The molecule has 0 N–H and O–H groups in total. The summed E-state index contributed by atoms with van der Waals surface area (Å²) in [4.78, 5) is 17.9. The molecule has 7 nitrogen and oxygen atoms in total. The van der Waals surface area contributed by atoms with Crippen molar-refractivity contribution in [2.24, 2.45) is 0 Å². The van der Waals surface area contributed by atoms with Crippen LogP contribution in [0.3, 0.4) is 0 Å². The summed E-state index contributed by atoms with van der Waals surface area (Å²) >= 11 is 0. The van der Waals surface area contributed by atoms with Gasteiger partial charge in [0.2, 0.25) is 11.9 Å². The van der Waals surface area contributed by atoms with E-state index in [2.05, 4.69) is 24.8 Å². The molecule has 0 saturated carbocycles. The highest BCUT2D eigenvalue weighted by Crippen LogP contribution is 2.32. The molecule has 0 aromatic carbocycles. The van der Waals surface area contributed by atoms with E-state index in [1.165, 1.54) is 12.8 Å². The molecule has 108 valence electrons. The van der Waals surface area contributed by atoms with Gasteiger partial charge in [-0.2, -0.15) is 4.98 Å². The van der Waals surface area contributed by atoms with Crippen molar-refractivity contribution in [3.05, 3.63) is 6.33 Å². The Morgan fingerprint density at radius 2 is 1.65 bits per heavy atom. The third kappa shape index (κ3) is 2.10. The predicted molar refractivity (Wildman–Crippen MR) is 73.0 cm³/mol. The van der Waals surface area contributed by atoms with Gasteiger partial charge in [0.15, 0.2) is 0 Å². The fraction of sp³-hybridized carbons (Fsp3) is 0.769. The Hall–Kier alpha value is -1.47. The van der Waals surface area contributed by atoms with Crippen LogP contribution in [-0.4, -0.2) is 66.6 Å². The lowest BCUT2D eigenvalue weighted by Crippen LogP contribution is -2.47. The summed E-state index contributed by atoms with van der Waals surface area (Å²) in [5, 5.41) is 0. The van der Waals surface area contributed by atoms with Crippen LogP contribution in [0.4, 0.5) is 11.9 Å². The maximum absolute atomic E-state index is 5.62. The summed E-state index contributed by atoms with van der Waals surface area (Å²) in [7, 11) is 0. The van der Waals surface area contributed by atoms with Gasteiger partial charge in [0.05, 0.1) is 38.5 Å². The van der Waals surface area contributed by atoms with Crippen LogP contribution < -0.4 is 9.80 Å². The van der Waals surface area contributed by atoms with Crippen LogP contribution in [0.2, 0.25) is 0 Å². The standard InChI is InChI=1S/C13H19N5O2/c1-2-11-8-20-7-10(1)18(11)13-15-9-14-12(16-13)17-3-5-19-6-4-17/h9-11H,1-8H2. The molecule has 4 heterocycles. The Labute approximate surface area is 117 Å². The van der Waals surface area contributed by atoms with E-state index in [0.717, 1.165) is 51.4 Å². The first-order chi connectivity index (χ1) is 9.92.